The van der Waals surface area contributed by atoms with Crippen molar-refractivity contribution in [2.75, 3.05) is 11.9 Å². The van der Waals surface area contributed by atoms with Crippen molar-refractivity contribution in [3.63, 3.8) is 0 Å². The summed E-state index contributed by atoms with van der Waals surface area (Å²) in [5, 5.41) is 6.07. The van der Waals surface area contributed by atoms with Gasteiger partial charge >= 0.3 is 0 Å². The predicted octanol–water partition coefficient (Wildman–Crippen LogP) is 3.74. The molecule has 1 unspecified atom stereocenters. The van der Waals surface area contributed by atoms with Gasteiger partial charge in [-0.15, -0.1) is 0 Å². The van der Waals surface area contributed by atoms with E-state index in [1.807, 2.05) is 61.5 Å². The van der Waals surface area contributed by atoms with Crippen LogP contribution in [0.5, 0.6) is 0 Å². The fourth-order valence-electron chi connectivity index (χ4n) is 1.90. The lowest BCUT2D eigenvalue weighted by Gasteiger charge is -2.15. The zero-order chi connectivity index (χ0) is 14.4. The highest BCUT2D eigenvalue weighted by atomic mass is 79.9. The lowest BCUT2D eigenvalue weighted by molar-refractivity contribution is -0.120. The van der Waals surface area contributed by atoms with Gasteiger partial charge in [0.15, 0.2) is 0 Å². The second kappa shape index (κ2) is 7.10. The highest BCUT2D eigenvalue weighted by molar-refractivity contribution is 9.10. The van der Waals surface area contributed by atoms with Crippen LogP contribution in [0.3, 0.4) is 0 Å². The van der Waals surface area contributed by atoms with Crippen molar-refractivity contribution in [3.05, 3.63) is 64.6 Å². The molecule has 0 bridgehead atoms. The highest BCUT2D eigenvalue weighted by Gasteiger charge is 2.08. The van der Waals surface area contributed by atoms with Gasteiger partial charge in [0.1, 0.15) is 0 Å². The van der Waals surface area contributed by atoms with Gasteiger partial charge < -0.3 is 10.6 Å². The van der Waals surface area contributed by atoms with E-state index in [0.29, 0.717) is 0 Å². The number of carbonyl (C=O) groups is 1. The van der Waals surface area contributed by atoms with Crippen LogP contribution in [0.4, 0.5) is 5.69 Å². The Morgan fingerprint density at radius 3 is 2.60 bits per heavy atom. The number of rotatable bonds is 5. The minimum atomic E-state index is -0.0265. The predicted molar refractivity (Wildman–Crippen MR) is 85.6 cm³/mol. The van der Waals surface area contributed by atoms with Crippen LogP contribution in [0.2, 0.25) is 0 Å². The number of anilines is 1. The Kier molecular flexibility index (Phi) is 5.18. The topological polar surface area (TPSA) is 41.1 Å². The van der Waals surface area contributed by atoms with Crippen molar-refractivity contribution in [1.29, 1.82) is 0 Å². The number of carbonyl (C=O) groups excluding carboxylic acids is 1. The van der Waals surface area contributed by atoms with Gasteiger partial charge in [0.05, 0.1) is 12.6 Å². The van der Waals surface area contributed by atoms with E-state index in [1.165, 1.54) is 0 Å². The summed E-state index contributed by atoms with van der Waals surface area (Å²) in [4.78, 5) is 11.9. The molecule has 0 spiro atoms. The molecule has 4 heteroatoms. The van der Waals surface area contributed by atoms with E-state index >= 15 is 0 Å². The lowest BCUT2D eigenvalue weighted by Crippen LogP contribution is -2.32. The van der Waals surface area contributed by atoms with Crippen LogP contribution in [-0.2, 0) is 4.79 Å². The molecule has 2 aromatic rings. The van der Waals surface area contributed by atoms with E-state index in [-0.39, 0.29) is 18.5 Å². The van der Waals surface area contributed by atoms with Crippen molar-refractivity contribution in [3.8, 4) is 0 Å². The molecule has 0 saturated heterocycles. The first-order chi connectivity index (χ1) is 9.65. The van der Waals surface area contributed by atoms with Gasteiger partial charge in [-0.2, -0.15) is 0 Å². The zero-order valence-corrected chi connectivity index (χ0v) is 12.9. The molecule has 2 rings (SSSR count). The molecule has 104 valence electrons. The van der Waals surface area contributed by atoms with Crippen LogP contribution in [0, 0.1) is 0 Å². The molecule has 2 aromatic carbocycles. The number of hydrogen-bond acceptors (Lipinski definition) is 2. The van der Waals surface area contributed by atoms with Crippen LogP contribution < -0.4 is 10.6 Å². The van der Waals surface area contributed by atoms with Crippen molar-refractivity contribution in [2.45, 2.75) is 13.0 Å². The standard InChI is InChI=1S/C16H17BrN2O/c1-12(13-6-3-2-4-7-13)19-16(20)11-18-15-9-5-8-14(17)10-15/h2-10,12,18H,11H2,1H3,(H,19,20). The first-order valence-corrected chi connectivity index (χ1v) is 7.28. The molecule has 1 atom stereocenters. The second-order valence-electron chi connectivity index (χ2n) is 4.56. The molecule has 0 fully saturated rings. The fraction of sp³-hybridized carbons (Fsp3) is 0.188. The molecule has 20 heavy (non-hydrogen) atoms. The Morgan fingerprint density at radius 1 is 1.15 bits per heavy atom. The van der Waals surface area contributed by atoms with Crippen molar-refractivity contribution >= 4 is 27.5 Å². The van der Waals surface area contributed by atoms with Crippen LogP contribution in [0.15, 0.2) is 59.1 Å². The third kappa shape index (κ3) is 4.38. The lowest BCUT2D eigenvalue weighted by atomic mass is 10.1. The molecule has 0 aliphatic heterocycles. The molecule has 0 heterocycles. The van der Waals surface area contributed by atoms with Crippen molar-refractivity contribution in [1.82, 2.24) is 5.32 Å². The number of nitrogens with one attached hydrogen (secondary N) is 2. The minimum absolute atomic E-state index is 0.00742. The third-order valence-corrected chi connectivity index (χ3v) is 3.45. The minimum Gasteiger partial charge on any atom is -0.376 e. The highest BCUT2D eigenvalue weighted by Crippen LogP contribution is 2.15. The molecule has 0 aliphatic carbocycles. The third-order valence-electron chi connectivity index (χ3n) is 2.95. The van der Waals surface area contributed by atoms with Gasteiger partial charge in [-0.1, -0.05) is 52.3 Å². The molecular formula is C16H17BrN2O. The summed E-state index contributed by atoms with van der Waals surface area (Å²) in [6, 6.07) is 17.7. The Labute approximate surface area is 127 Å². The average Bonchev–Trinajstić information content (AvgIpc) is 2.46. The smallest absolute Gasteiger partial charge is 0.239 e. The monoisotopic (exact) mass is 332 g/mol. The Bertz CT molecular complexity index is 572. The zero-order valence-electron chi connectivity index (χ0n) is 11.3. The molecule has 0 radical (unpaired) electrons. The molecule has 3 nitrogen and oxygen atoms in total. The van der Waals surface area contributed by atoms with E-state index in [2.05, 4.69) is 26.6 Å². The van der Waals surface area contributed by atoms with Gasteiger partial charge in [0.25, 0.3) is 0 Å². The summed E-state index contributed by atoms with van der Waals surface area (Å²) in [6.07, 6.45) is 0. The van der Waals surface area contributed by atoms with Crippen molar-refractivity contribution < 1.29 is 4.79 Å². The quantitative estimate of drug-likeness (QED) is 0.875. The number of benzene rings is 2. The van der Waals surface area contributed by atoms with Crippen molar-refractivity contribution in [2.24, 2.45) is 0 Å². The summed E-state index contributed by atoms with van der Waals surface area (Å²) in [5.74, 6) is -0.0265. The van der Waals surface area contributed by atoms with Crippen LogP contribution in [0.25, 0.3) is 0 Å². The van der Waals surface area contributed by atoms with E-state index in [1.54, 1.807) is 0 Å². The Morgan fingerprint density at radius 2 is 1.90 bits per heavy atom. The maximum atomic E-state index is 11.9. The van der Waals surface area contributed by atoms with Crippen LogP contribution in [-0.4, -0.2) is 12.5 Å². The summed E-state index contributed by atoms with van der Waals surface area (Å²) in [6.45, 7) is 2.24. The van der Waals surface area contributed by atoms with Gasteiger partial charge in [-0.3, -0.25) is 4.79 Å². The average molecular weight is 333 g/mol. The first kappa shape index (κ1) is 14.6. The maximum absolute atomic E-state index is 11.9. The summed E-state index contributed by atoms with van der Waals surface area (Å²) < 4.78 is 0.987. The molecular weight excluding hydrogens is 316 g/mol. The normalized spacial score (nSPS) is 11.7. The molecule has 0 saturated carbocycles. The fourth-order valence-corrected chi connectivity index (χ4v) is 2.30. The molecule has 0 aromatic heterocycles. The SMILES string of the molecule is CC(NC(=O)CNc1cccc(Br)c1)c1ccccc1. The van der Waals surface area contributed by atoms with E-state index in [9.17, 15) is 4.79 Å². The van der Waals surface area contributed by atoms with Gasteiger partial charge in [0, 0.05) is 10.2 Å². The summed E-state index contributed by atoms with van der Waals surface area (Å²) >= 11 is 3.40. The van der Waals surface area contributed by atoms with Gasteiger partial charge in [0.2, 0.25) is 5.91 Å². The first-order valence-electron chi connectivity index (χ1n) is 6.49. The summed E-state index contributed by atoms with van der Waals surface area (Å²) in [7, 11) is 0. The Hall–Kier alpha value is -1.81. The van der Waals surface area contributed by atoms with E-state index in [4.69, 9.17) is 0 Å². The molecule has 2 N–H and O–H groups in total. The Balaban J connectivity index is 1.84. The van der Waals surface area contributed by atoms with E-state index in [0.717, 1.165) is 15.7 Å². The van der Waals surface area contributed by atoms with Crippen LogP contribution >= 0.6 is 15.9 Å². The van der Waals surface area contributed by atoms with Gasteiger partial charge in [-0.25, -0.2) is 0 Å². The summed E-state index contributed by atoms with van der Waals surface area (Å²) in [5.41, 5.74) is 2.02. The van der Waals surface area contributed by atoms with E-state index < -0.39 is 0 Å². The second-order valence-corrected chi connectivity index (χ2v) is 5.48. The largest absolute Gasteiger partial charge is 0.376 e. The molecule has 0 aliphatic rings. The van der Waals surface area contributed by atoms with Crippen LogP contribution in [0.1, 0.15) is 18.5 Å². The number of amides is 1. The maximum Gasteiger partial charge on any atom is 0.239 e. The number of hydrogen-bond donors (Lipinski definition) is 2. The molecule has 1 amide bonds. The van der Waals surface area contributed by atoms with Gasteiger partial charge in [-0.05, 0) is 30.7 Å². The number of halogens is 1.